The Morgan fingerprint density at radius 3 is 2.81 bits per heavy atom. The highest BCUT2D eigenvalue weighted by Gasteiger charge is 2.08. The Kier molecular flexibility index (Phi) is 5.65. The predicted octanol–water partition coefficient (Wildman–Crippen LogP) is 5.14. The standard InChI is InChI=1S/C16H15BrClNO2/c1-2-8-21-13-5-3-4-11(9-13)16(20)19-12-6-7-15(18)14(17)10-12/h3-7,9-10H,2,8H2,1H3,(H,19,20). The maximum Gasteiger partial charge on any atom is 0.255 e. The summed E-state index contributed by atoms with van der Waals surface area (Å²) in [6, 6.07) is 12.4. The van der Waals surface area contributed by atoms with Gasteiger partial charge in [0.05, 0.1) is 11.6 Å². The zero-order valence-corrected chi connectivity index (χ0v) is 13.9. The lowest BCUT2D eigenvalue weighted by Crippen LogP contribution is -2.12. The molecule has 0 saturated carbocycles. The SMILES string of the molecule is CCCOc1cccc(C(=O)Nc2ccc(Cl)c(Br)c2)c1. The number of hydrogen-bond donors (Lipinski definition) is 1. The number of halogens is 2. The molecule has 0 spiro atoms. The van der Waals surface area contributed by atoms with Crippen LogP contribution in [0.2, 0.25) is 5.02 Å². The van der Waals surface area contributed by atoms with Crippen LogP contribution in [0.5, 0.6) is 5.75 Å². The molecule has 2 aromatic rings. The Balaban J connectivity index is 2.10. The highest BCUT2D eigenvalue weighted by atomic mass is 79.9. The van der Waals surface area contributed by atoms with Crippen LogP contribution in [0.4, 0.5) is 5.69 Å². The summed E-state index contributed by atoms with van der Waals surface area (Å²) in [4.78, 5) is 12.2. The van der Waals surface area contributed by atoms with Gasteiger partial charge < -0.3 is 10.1 Å². The molecule has 0 aliphatic heterocycles. The van der Waals surface area contributed by atoms with Crippen LogP contribution in [0, 0.1) is 0 Å². The van der Waals surface area contributed by atoms with Crippen LogP contribution in [0.1, 0.15) is 23.7 Å². The average Bonchev–Trinajstić information content (AvgIpc) is 2.49. The molecule has 0 aliphatic carbocycles. The van der Waals surface area contributed by atoms with Crippen molar-refractivity contribution in [3.8, 4) is 5.75 Å². The summed E-state index contributed by atoms with van der Waals surface area (Å²) < 4.78 is 6.26. The van der Waals surface area contributed by atoms with Crippen LogP contribution < -0.4 is 10.1 Å². The maximum absolute atomic E-state index is 12.2. The number of carbonyl (C=O) groups is 1. The van der Waals surface area contributed by atoms with Crippen LogP contribution >= 0.6 is 27.5 Å². The van der Waals surface area contributed by atoms with Crippen molar-refractivity contribution < 1.29 is 9.53 Å². The lowest BCUT2D eigenvalue weighted by Gasteiger charge is -2.09. The molecule has 2 aromatic carbocycles. The van der Waals surface area contributed by atoms with Crippen molar-refractivity contribution in [3.63, 3.8) is 0 Å². The minimum atomic E-state index is -0.189. The Morgan fingerprint density at radius 1 is 1.29 bits per heavy atom. The molecule has 0 aromatic heterocycles. The van der Waals surface area contributed by atoms with Gasteiger partial charge >= 0.3 is 0 Å². The highest BCUT2D eigenvalue weighted by molar-refractivity contribution is 9.10. The second kappa shape index (κ2) is 7.48. The largest absolute Gasteiger partial charge is 0.494 e. The van der Waals surface area contributed by atoms with Gasteiger partial charge in [0.25, 0.3) is 5.91 Å². The topological polar surface area (TPSA) is 38.3 Å². The van der Waals surface area contributed by atoms with Crippen molar-refractivity contribution >= 4 is 39.1 Å². The molecule has 0 bridgehead atoms. The summed E-state index contributed by atoms with van der Waals surface area (Å²) in [5.41, 5.74) is 1.23. The number of ether oxygens (including phenoxy) is 1. The smallest absolute Gasteiger partial charge is 0.255 e. The van der Waals surface area contributed by atoms with E-state index >= 15 is 0 Å². The molecule has 2 rings (SSSR count). The first-order valence-electron chi connectivity index (χ1n) is 6.59. The van der Waals surface area contributed by atoms with Gasteiger partial charge in [0, 0.05) is 15.7 Å². The third-order valence-electron chi connectivity index (χ3n) is 2.75. The van der Waals surface area contributed by atoms with Gasteiger partial charge in [-0.05, 0) is 58.7 Å². The first kappa shape index (κ1) is 15.9. The van der Waals surface area contributed by atoms with E-state index in [1.54, 1.807) is 36.4 Å². The number of benzene rings is 2. The van der Waals surface area contributed by atoms with Crippen molar-refractivity contribution in [3.05, 3.63) is 57.5 Å². The van der Waals surface area contributed by atoms with Gasteiger partial charge in [-0.2, -0.15) is 0 Å². The van der Waals surface area contributed by atoms with Crippen molar-refractivity contribution in [2.75, 3.05) is 11.9 Å². The van der Waals surface area contributed by atoms with Crippen LogP contribution in [0.25, 0.3) is 0 Å². The van der Waals surface area contributed by atoms with E-state index < -0.39 is 0 Å². The van der Waals surface area contributed by atoms with E-state index in [0.717, 1.165) is 10.9 Å². The van der Waals surface area contributed by atoms with E-state index in [4.69, 9.17) is 16.3 Å². The van der Waals surface area contributed by atoms with E-state index in [-0.39, 0.29) is 5.91 Å². The summed E-state index contributed by atoms with van der Waals surface area (Å²) >= 11 is 9.26. The van der Waals surface area contributed by atoms with Crippen molar-refractivity contribution in [2.24, 2.45) is 0 Å². The van der Waals surface area contributed by atoms with Crippen LogP contribution in [-0.2, 0) is 0 Å². The zero-order valence-electron chi connectivity index (χ0n) is 11.5. The number of carbonyl (C=O) groups excluding carboxylic acids is 1. The highest BCUT2D eigenvalue weighted by Crippen LogP contribution is 2.26. The van der Waals surface area contributed by atoms with E-state index in [1.165, 1.54) is 0 Å². The van der Waals surface area contributed by atoms with Gasteiger partial charge in [-0.1, -0.05) is 24.6 Å². The van der Waals surface area contributed by atoms with Gasteiger partial charge in [-0.15, -0.1) is 0 Å². The number of nitrogens with one attached hydrogen (secondary N) is 1. The molecule has 0 unspecified atom stereocenters. The number of hydrogen-bond acceptors (Lipinski definition) is 2. The van der Waals surface area contributed by atoms with Gasteiger partial charge in [0.2, 0.25) is 0 Å². The molecule has 0 atom stereocenters. The Hall–Kier alpha value is -1.52. The molecular formula is C16H15BrClNO2. The van der Waals surface area contributed by atoms with Gasteiger partial charge in [-0.25, -0.2) is 0 Å². The molecule has 3 nitrogen and oxygen atoms in total. The number of amides is 1. The molecule has 0 saturated heterocycles. The van der Waals surface area contributed by atoms with Gasteiger partial charge in [-0.3, -0.25) is 4.79 Å². The molecule has 5 heteroatoms. The van der Waals surface area contributed by atoms with Crippen molar-refractivity contribution in [1.29, 1.82) is 0 Å². The average molecular weight is 369 g/mol. The second-order valence-electron chi connectivity index (χ2n) is 4.46. The first-order valence-corrected chi connectivity index (χ1v) is 7.76. The van der Waals surface area contributed by atoms with E-state index in [9.17, 15) is 4.79 Å². The summed E-state index contributed by atoms with van der Waals surface area (Å²) in [5, 5.41) is 3.43. The van der Waals surface area contributed by atoms with E-state index in [0.29, 0.717) is 28.6 Å². The summed E-state index contributed by atoms with van der Waals surface area (Å²) in [7, 11) is 0. The summed E-state index contributed by atoms with van der Waals surface area (Å²) in [6.45, 7) is 2.67. The van der Waals surface area contributed by atoms with Crippen LogP contribution in [0.3, 0.4) is 0 Å². The third kappa shape index (κ3) is 4.48. The summed E-state index contributed by atoms with van der Waals surface area (Å²) in [5.74, 6) is 0.507. The fourth-order valence-electron chi connectivity index (χ4n) is 1.72. The summed E-state index contributed by atoms with van der Waals surface area (Å²) in [6.07, 6.45) is 0.926. The third-order valence-corrected chi connectivity index (χ3v) is 3.96. The van der Waals surface area contributed by atoms with E-state index in [1.807, 2.05) is 13.0 Å². The lowest BCUT2D eigenvalue weighted by molar-refractivity contribution is 0.102. The minimum Gasteiger partial charge on any atom is -0.494 e. The van der Waals surface area contributed by atoms with Crippen molar-refractivity contribution in [1.82, 2.24) is 0 Å². The second-order valence-corrected chi connectivity index (χ2v) is 5.72. The predicted molar refractivity (Wildman–Crippen MR) is 89.3 cm³/mol. The first-order chi connectivity index (χ1) is 10.1. The molecule has 1 amide bonds. The molecular weight excluding hydrogens is 354 g/mol. The molecule has 0 fully saturated rings. The fourth-order valence-corrected chi connectivity index (χ4v) is 2.22. The van der Waals surface area contributed by atoms with E-state index in [2.05, 4.69) is 21.2 Å². The molecule has 0 aliphatic rings. The zero-order chi connectivity index (χ0) is 15.2. The van der Waals surface area contributed by atoms with Gasteiger partial charge in [0.15, 0.2) is 0 Å². The molecule has 21 heavy (non-hydrogen) atoms. The Labute approximate surface area is 137 Å². The maximum atomic E-state index is 12.2. The molecule has 1 N–H and O–H groups in total. The van der Waals surface area contributed by atoms with Crippen LogP contribution in [-0.4, -0.2) is 12.5 Å². The minimum absolute atomic E-state index is 0.189. The monoisotopic (exact) mass is 367 g/mol. The molecule has 0 heterocycles. The number of anilines is 1. The lowest BCUT2D eigenvalue weighted by atomic mass is 10.2. The van der Waals surface area contributed by atoms with Crippen LogP contribution in [0.15, 0.2) is 46.9 Å². The quantitative estimate of drug-likeness (QED) is 0.793. The Morgan fingerprint density at radius 2 is 2.10 bits per heavy atom. The molecule has 110 valence electrons. The fraction of sp³-hybridized carbons (Fsp3) is 0.188. The van der Waals surface area contributed by atoms with Crippen molar-refractivity contribution in [2.45, 2.75) is 13.3 Å². The molecule has 0 radical (unpaired) electrons. The number of rotatable bonds is 5. The van der Waals surface area contributed by atoms with Gasteiger partial charge in [0.1, 0.15) is 5.75 Å². The Bertz CT molecular complexity index is 646. The normalized spacial score (nSPS) is 10.2.